The van der Waals surface area contributed by atoms with E-state index in [1.807, 2.05) is 19.9 Å². The number of halogens is 3. The number of hydrogen-bond acceptors (Lipinski definition) is 4. The Bertz CT molecular complexity index is 1200. The van der Waals surface area contributed by atoms with Crippen molar-refractivity contribution in [3.8, 4) is 5.69 Å². The first-order chi connectivity index (χ1) is 14.4. The third kappa shape index (κ3) is 5.63. The normalized spacial score (nSPS) is 11.9. The highest BCUT2D eigenvalue weighted by molar-refractivity contribution is 7.92. The number of aromatic nitrogens is 2. The molecule has 0 radical (unpaired) electrons. The molecule has 11 heteroatoms. The lowest BCUT2D eigenvalue weighted by molar-refractivity contribution is -0.123. The van der Waals surface area contributed by atoms with Crippen molar-refractivity contribution >= 4 is 21.6 Å². The van der Waals surface area contributed by atoms with E-state index >= 15 is 0 Å². The van der Waals surface area contributed by atoms with Crippen molar-refractivity contribution in [1.82, 2.24) is 15.1 Å². The summed E-state index contributed by atoms with van der Waals surface area (Å²) in [6.07, 6.45) is -4.54. The Hall–Kier alpha value is -3.34. The summed E-state index contributed by atoms with van der Waals surface area (Å²) in [5.74, 6) is -0.952. The Morgan fingerprint density at radius 2 is 1.74 bits per heavy atom. The van der Waals surface area contributed by atoms with Gasteiger partial charge in [0.05, 0.1) is 22.0 Å². The molecule has 7 nitrogen and oxygen atoms in total. The van der Waals surface area contributed by atoms with Crippen LogP contribution in [-0.4, -0.2) is 36.8 Å². The van der Waals surface area contributed by atoms with Gasteiger partial charge in [-0.2, -0.15) is 18.3 Å². The summed E-state index contributed by atoms with van der Waals surface area (Å²) in [6, 6.07) is 13.1. The lowest BCUT2D eigenvalue weighted by Gasteiger charge is -2.11. The molecule has 1 aromatic heterocycles. The average molecular weight is 452 g/mol. The van der Waals surface area contributed by atoms with E-state index < -0.39 is 28.7 Å². The maximum Gasteiger partial charge on any atom is 0.405 e. The second kappa shape index (κ2) is 8.42. The van der Waals surface area contributed by atoms with Gasteiger partial charge in [0, 0.05) is 11.3 Å². The summed E-state index contributed by atoms with van der Waals surface area (Å²) in [5, 5.41) is 6.09. The van der Waals surface area contributed by atoms with Gasteiger partial charge in [-0.15, -0.1) is 0 Å². The lowest BCUT2D eigenvalue weighted by Crippen LogP contribution is -2.33. The van der Waals surface area contributed by atoms with E-state index in [4.69, 9.17) is 0 Å². The third-order valence-corrected chi connectivity index (χ3v) is 5.63. The van der Waals surface area contributed by atoms with Crippen LogP contribution in [0.25, 0.3) is 5.69 Å². The number of sulfonamides is 1. The molecule has 3 rings (SSSR count). The number of alkyl halides is 3. The number of rotatable bonds is 6. The van der Waals surface area contributed by atoms with Gasteiger partial charge in [-0.3, -0.25) is 9.52 Å². The maximum absolute atomic E-state index is 12.7. The van der Waals surface area contributed by atoms with E-state index in [-0.39, 0.29) is 10.5 Å². The van der Waals surface area contributed by atoms with Crippen LogP contribution < -0.4 is 10.0 Å². The fourth-order valence-electron chi connectivity index (χ4n) is 2.87. The van der Waals surface area contributed by atoms with Crippen LogP contribution in [0.3, 0.4) is 0 Å². The molecule has 3 aromatic rings. The third-order valence-electron chi connectivity index (χ3n) is 4.23. The summed E-state index contributed by atoms with van der Waals surface area (Å²) in [7, 11) is -3.99. The minimum Gasteiger partial charge on any atom is -0.343 e. The quantitative estimate of drug-likeness (QED) is 0.598. The van der Waals surface area contributed by atoms with E-state index in [9.17, 15) is 26.4 Å². The predicted molar refractivity (Wildman–Crippen MR) is 109 cm³/mol. The monoisotopic (exact) mass is 452 g/mol. The molecule has 0 saturated heterocycles. The van der Waals surface area contributed by atoms with E-state index in [1.54, 1.807) is 34.3 Å². The van der Waals surface area contributed by atoms with Crippen LogP contribution in [-0.2, 0) is 10.0 Å². The van der Waals surface area contributed by atoms with Crippen LogP contribution in [0.15, 0.2) is 59.5 Å². The van der Waals surface area contributed by atoms with Crippen LogP contribution in [0, 0.1) is 13.8 Å². The second-order valence-electron chi connectivity index (χ2n) is 6.82. The van der Waals surface area contributed by atoms with Crippen molar-refractivity contribution in [2.24, 2.45) is 0 Å². The summed E-state index contributed by atoms with van der Waals surface area (Å²) < 4.78 is 66.1. The standard InChI is InChI=1S/C20H19F3N4O3S/c1-13-10-14(2)27(25-13)17-5-3-4-16(11-17)26-31(29,30)18-8-6-15(7-9-18)19(28)24-12-20(21,22)23/h3-11,26H,12H2,1-2H3,(H,24,28). The Morgan fingerprint density at radius 3 is 2.32 bits per heavy atom. The lowest BCUT2D eigenvalue weighted by atomic mass is 10.2. The number of benzene rings is 2. The number of hydrogen-bond donors (Lipinski definition) is 2. The number of aryl methyl sites for hydroxylation is 2. The summed E-state index contributed by atoms with van der Waals surface area (Å²) in [6.45, 7) is 2.26. The molecule has 2 N–H and O–H groups in total. The molecule has 2 aromatic carbocycles. The topological polar surface area (TPSA) is 93.1 Å². The van der Waals surface area contributed by atoms with E-state index in [1.165, 1.54) is 0 Å². The molecule has 0 bridgehead atoms. The second-order valence-corrected chi connectivity index (χ2v) is 8.50. The first-order valence-corrected chi connectivity index (χ1v) is 10.5. The molecule has 0 saturated carbocycles. The van der Waals surface area contributed by atoms with E-state index in [0.717, 1.165) is 35.7 Å². The smallest absolute Gasteiger partial charge is 0.343 e. The van der Waals surface area contributed by atoms with Gasteiger partial charge < -0.3 is 5.32 Å². The van der Waals surface area contributed by atoms with Gasteiger partial charge in [0.25, 0.3) is 15.9 Å². The molecule has 0 atom stereocenters. The molecule has 1 heterocycles. The fraction of sp³-hybridized carbons (Fsp3) is 0.200. The summed E-state index contributed by atoms with van der Waals surface area (Å²) in [4.78, 5) is 11.6. The highest BCUT2D eigenvalue weighted by atomic mass is 32.2. The fourth-order valence-corrected chi connectivity index (χ4v) is 3.92. The molecule has 0 aliphatic rings. The minimum atomic E-state index is -4.54. The zero-order valence-electron chi connectivity index (χ0n) is 16.6. The number of anilines is 1. The van der Waals surface area contributed by atoms with Crippen LogP contribution in [0.4, 0.5) is 18.9 Å². The Balaban J connectivity index is 1.76. The number of nitrogens with zero attached hydrogens (tertiary/aromatic N) is 2. The molecule has 0 aliphatic heterocycles. The Labute approximate surface area is 176 Å². The van der Waals surface area contributed by atoms with Gasteiger partial charge in [-0.1, -0.05) is 6.07 Å². The molecule has 31 heavy (non-hydrogen) atoms. The van der Waals surface area contributed by atoms with Gasteiger partial charge in [0.15, 0.2) is 0 Å². The molecular weight excluding hydrogens is 433 g/mol. The van der Waals surface area contributed by atoms with Crippen molar-refractivity contribution in [3.63, 3.8) is 0 Å². The highest BCUT2D eigenvalue weighted by Crippen LogP contribution is 2.21. The van der Waals surface area contributed by atoms with Crippen LogP contribution >= 0.6 is 0 Å². The van der Waals surface area contributed by atoms with Crippen molar-refractivity contribution in [2.75, 3.05) is 11.3 Å². The largest absolute Gasteiger partial charge is 0.405 e. The first-order valence-electron chi connectivity index (χ1n) is 9.06. The van der Waals surface area contributed by atoms with Crippen LogP contribution in [0.2, 0.25) is 0 Å². The first kappa shape index (κ1) is 22.3. The van der Waals surface area contributed by atoms with Gasteiger partial charge in [-0.25, -0.2) is 13.1 Å². The number of amides is 1. The Morgan fingerprint density at radius 1 is 1.06 bits per heavy atom. The zero-order valence-corrected chi connectivity index (χ0v) is 17.4. The molecule has 0 aliphatic carbocycles. The molecule has 0 spiro atoms. The molecule has 164 valence electrons. The average Bonchev–Trinajstić information content (AvgIpc) is 3.03. The van der Waals surface area contributed by atoms with Crippen molar-refractivity contribution in [1.29, 1.82) is 0 Å². The molecule has 0 fully saturated rings. The minimum absolute atomic E-state index is 0.0882. The predicted octanol–water partition coefficient (Wildman–Crippen LogP) is 3.58. The molecule has 0 unspecified atom stereocenters. The molecule has 1 amide bonds. The van der Waals surface area contributed by atoms with Crippen LogP contribution in [0.5, 0.6) is 0 Å². The van der Waals surface area contributed by atoms with Gasteiger partial charge >= 0.3 is 6.18 Å². The highest BCUT2D eigenvalue weighted by Gasteiger charge is 2.28. The van der Waals surface area contributed by atoms with E-state index in [2.05, 4.69) is 9.82 Å². The van der Waals surface area contributed by atoms with Gasteiger partial charge in [0.1, 0.15) is 6.54 Å². The van der Waals surface area contributed by atoms with Crippen molar-refractivity contribution in [3.05, 3.63) is 71.5 Å². The maximum atomic E-state index is 12.7. The van der Waals surface area contributed by atoms with Crippen LogP contribution in [0.1, 0.15) is 21.7 Å². The van der Waals surface area contributed by atoms with Gasteiger partial charge in [-0.05, 0) is 62.4 Å². The van der Waals surface area contributed by atoms with Crippen molar-refractivity contribution in [2.45, 2.75) is 24.9 Å². The van der Waals surface area contributed by atoms with Gasteiger partial charge in [0.2, 0.25) is 0 Å². The molecular formula is C20H19F3N4O3S. The summed E-state index contributed by atoms with van der Waals surface area (Å²) >= 11 is 0. The summed E-state index contributed by atoms with van der Waals surface area (Å²) in [5.41, 5.74) is 2.59. The van der Waals surface area contributed by atoms with Crippen molar-refractivity contribution < 1.29 is 26.4 Å². The van der Waals surface area contributed by atoms with E-state index in [0.29, 0.717) is 11.4 Å². The number of carbonyl (C=O) groups is 1. The zero-order chi connectivity index (χ0) is 22.8. The number of carbonyl (C=O) groups excluding carboxylic acids is 1. The number of nitrogens with one attached hydrogen (secondary N) is 2. The SMILES string of the molecule is Cc1cc(C)n(-c2cccc(NS(=O)(=O)c3ccc(C(=O)NCC(F)(F)F)cc3)c2)n1. The Kier molecular flexibility index (Phi) is 6.07.